The van der Waals surface area contributed by atoms with Crippen molar-refractivity contribution in [1.29, 1.82) is 0 Å². The van der Waals surface area contributed by atoms with E-state index in [1.807, 2.05) is 11.5 Å². The molecule has 0 aliphatic heterocycles. The fraction of sp³-hybridized carbons (Fsp3) is 0.263. The predicted octanol–water partition coefficient (Wildman–Crippen LogP) is 3.49. The van der Waals surface area contributed by atoms with Crippen molar-refractivity contribution in [2.45, 2.75) is 18.6 Å². The Morgan fingerprint density at radius 1 is 1.30 bits per heavy atom. The summed E-state index contributed by atoms with van der Waals surface area (Å²) in [6.07, 6.45) is 1.55. The minimum atomic E-state index is -0.548. The molecular formula is C19H19ClN4O5S. The van der Waals surface area contributed by atoms with E-state index in [4.69, 9.17) is 25.5 Å². The number of esters is 1. The van der Waals surface area contributed by atoms with E-state index in [0.29, 0.717) is 39.7 Å². The number of nitrogens with one attached hydrogen (secondary N) is 1. The van der Waals surface area contributed by atoms with Crippen LogP contribution in [0, 0.1) is 0 Å². The number of carbonyl (C=O) groups excluding carboxylic acids is 2. The maximum atomic E-state index is 12.0. The molecule has 1 aromatic carbocycles. The van der Waals surface area contributed by atoms with Gasteiger partial charge < -0.3 is 19.2 Å². The summed E-state index contributed by atoms with van der Waals surface area (Å²) >= 11 is 7.19. The Hall–Kier alpha value is -2.98. The van der Waals surface area contributed by atoms with Crippen LogP contribution in [-0.4, -0.2) is 46.1 Å². The topological polar surface area (TPSA) is 108 Å². The van der Waals surface area contributed by atoms with Gasteiger partial charge in [-0.1, -0.05) is 23.4 Å². The lowest BCUT2D eigenvalue weighted by Gasteiger charge is -2.09. The predicted molar refractivity (Wildman–Crippen MR) is 112 cm³/mol. The lowest BCUT2D eigenvalue weighted by atomic mass is 10.3. The Bertz CT molecular complexity index is 1020. The number of benzene rings is 1. The first-order chi connectivity index (χ1) is 14.5. The number of carbonyl (C=O) groups is 2. The highest BCUT2D eigenvalue weighted by Gasteiger charge is 2.17. The monoisotopic (exact) mass is 450 g/mol. The quantitative estimate of drug-likeness (QED) is 0.389. The van der Waals surface area contributed by atoms with Crippen LogP contribution in [0.2, 0.25) is 5.02 Å². The van der Waals surface area contributed by atoms with Gasteiger partial charge in [0.25, 0.3) is 5.91 Å². The normalized spacial score (nSPS) is 10.6. The molecule has 11 heteroatoms. The van der Waals surface area contributed by atoms with Gasteiger partial charge in [-0.05, 0) is 37.3 Å². The number of thioether (sulfide) groups is 1. The summed E-state index contributed by atoms with van der Waals surface area (Å²) in [5, 5.41) is 11.7. The molecule has 0 aliphatic rings. The average Bonchev–Trinajstić information content (AvgIpc) is 3.40. The number of methoxy groups -OCH3 is 1. The van der Waals surface area contributed by atoms with E-state index in [2.05, 4.69) is 15.5 Å². The second-order valence-electron chi connectivity index (χ2n) is 5.87. The smallest absolute Gasteiger partial charge is 0.316 e. The summed E-state index contributed by atoms with van der Waals surface area (Å²) < 4.78 is 17.3. The molecule has 0 fully saturated rings. The molecule has 158 valence electrons. The summed E-state index contributed by atoms with van der Waals surface area (Å²) in [5.74, 6) is 0.621. The van der Waals surface area contributed by atoms with Crippen molar-refractivity contribution in [2.75, 3.05) is 24.8 Å². The average molecular weight is 451 g/mol. The first kappa shape index (κ1) is 21.7. The molecule has 3 rings (SSSR count). The van der Waals surface area contributed by atoms with Crippen LogP contribution in [0.5, 0.6) is 5.75 Å². The van der Waals surface area contributed by atoms with Gasteiger partial charge in [0, 0.05) is 12.2 Å². The lowest BCUT2D eigenvalue weighted by Crippen LogP contribution is -2.21. The number of furan rings is 1. The zero-order chi connectivity index (χ0) is 21.5. The van der Waals surface area contributed by atoms with Gasteiger partial charge in [-0.15, -0.1) is 10.2 Å². The maximum Gasteiger partial charge on any atom is 0.316 e. The van der Waals surface area contributed by atoms with E-state index in [-0.39, 0.29) is 5.75 Å². The molecule has 0 bridgehead atoms. The number of aromatic nitrogens is 3. The zero-order valence-corrected chi connectivity index (χ0v) is 17.8. The minimum Gasteiger partial charge on any atom is -0.495 e. The van der Waals surface area contributed by atoms with Gasteiger partial charge in [0.2, 0.25) is 0 Å². The number of rotatable bonds is 9. The van der Waals surface area contributed by atoms with Crippen molar-refractivity contribution in [3.8, 4) is 17.3 Å². The molecule has 0 saturated carbocycles. The number of amides is 1. The van der Waals surface area contributed by atoms with E-state index < -0.39 is 18.5 Å². The van der Waals surface area contributed by atoms with Crippen LogP contribution in [0.15, 0.2) is 46.2 Å². The zero-order valence-electron chi connectivity index (χ0n) is 16.3. The van der Waals surface area contributed by atoms with E-state index in [9.17, 15) is 9.59 Å². The van der Waals surface area contributed by atoms with Gasteiger partial charge in [0.1, 0.15) is 5.75 Å². The van der Waals surface area contributed by atoms with E-state index in [1.54, 1.807) is 36.6 Å². The third-order valence-corrected chi connectivity index (χ3v) is 5.13. The molecule has 0 aliphatic carbocycles. The Labute approximate surface area is 181 Å². The number of nitrogens with zero attached hydrogens (tertiary/aromatic N) is 3. The summed E-state index contributed by atoms with van der Waals surface area (Å²) in [4.78, 5) is 24.0. The second kappa shape index (κ2) is 10.2. The molecule has 3 aromatic rings. The first-order valence-electron chi connectivity index (χ1n) is 8.90. The van der Waals surface area contributed by atoms with Crippen LogP contribution in [0.25, 0.3) is 11.6 Å². The van der Waals surface area contributed by atoms with Crippen LogP contribution >= 0.6 is 23.4 Å². The molecule has 0 saturated heterocycles. The highest BCUT2D eigenvalue weighted by atomic mass is 35.5. The fourth-order valence-electron chi connectivity index (χ4n) is 2.52. The lowest BCUT2D eigenvalue weighted by molar-refractivity contribution is -0.144. The molecule has 0 radical (unpaired) electrons. The van der Waals surface area contributed by atoms with Gasteiger partial charge >= 0.3 is 5.97 Å². The molecular weight excluding hydrogens is 432 g/mol. The molecule has 0 unspecified atom stereocenters. The van der Waals surface area contributed by atoms with Crippen molar-refractivity contribution in [3.63, 3.8) is 0 Å². The van der Waals surface area contributed by atoms with Crippen LogP contribution in [-0.2, 0) is 20.9 Å². The summed E-state index contributed by atoms with van der Waals surface area (Å²) in [5.41, 5.74) is 0.470. The van der Waals surface area contributed by atoms with Crippen molar-refractivity contribution in [3.05, 3.63) is 41.6 Å². The Morgan fingerprint density at radius 2 is 2.13 bits per heavy atom. The van der Waals surface area contributed by atoms with Crippen LogP contribution in [0.1, 0.15) is 6.92 Å². The van der Waals surface area contributed by atoms with Crippen molar-refractivity contribution in [2.24, 2.45) is 0 Å². The molecule has 2 aromatic heterocycles. The van der Waals surface area contributed by atoms with Crippen molar-refractivity contribution < 1.29 is 23.5 Å². The number of hydrogen-bond donors (Lipinski definition) is 1. The van der Waals surface area contributed by atoms with Gasteiger partial charge in [-0.25, -0.2) is 0 Å². The molecule has 0 spiro atoms. The second-order valence-corrected chi connectivity index (χ2v) is 7.22. The molecule has 2 heterocycles. The Morgan fingerprint density at radius 3 is 2.80 bits per heavy atom. The molecule has 1 N–H and O–H groups in total. The van der Waals surface area contributed by atoms with E-state index >= 15 is 0 Å². The highest BCUT2D eigenvalue weighted by molar-refractivity contribution is 7.99. The molecule has 0 atom stereocenters. The number of anilines is 1. The van der Waals surface area contributed by atoms with Gasteiger partial charge in [-0.2, -0.15) is 0 Å². The first-order valence-corrected chi connectivity index (χ1v) is 10.3. The molecule has 9 nitrogen and oxygen atoms in total. The molecule has 30 heavy (non-hydrogen) atoms. The standard InChI is InChI=1S/C19H19ClN4O5S/c1-3-24-18(15-5-4-8-28-15)22-23-19(24)30-11-17(26)29-10-16(25)21-12-6-7-14(27-2)13(20)9-12/h4-9H,3,10-11H2,1-2H3,(H,21,25). The fourth-order valence-corrected chi connectivity index (χ4v) is 3.58. The van der Waals surface area contributed by atoms with Gasteiger partial charge in [0.05, 0.1) is 24.1 Å². The van der Waals surface area contributed by atoms with Crippen molar-refractivity contribution >= 4 is 40.9 Å². The minimum absolute atomic E-state index is 0.0159. The highest BCUT2D eigenvalue weighted by Crippen LogP contribution is 2.27. The van der Waals surface area contributed by atoms with Crippen LogP contribution < -0.4 is 10.1 Å². The van der Waals surface area contributed by atoms with Gasteiger partial charge in [0.15, 0.2) is 23.3 Å². The van der Waals surface area contributed by atoms with Crippen molar-refractivity contribution in [1.82, 2.24) is 14.8 Å². The Kier molecular flexibility index (Phi) is 7.36. The number of halogens is 1. The third kappa shape index (κ3) is 5.33. The Balaban J connectivity index is 1.48. The van der Waals surface area contributed by atoms with E-state index in [1.165, 1.54) is 18.9 Å². The third-order valence-electron chi connectivity index (χ3n) is 3.89. The summed E-state index contributed by atoms with van der Waals surface area (Å²) in [7, 11) is 1.50. The molecule has 1 amide bonds. The summed E-state index contributed by atoms with van der Waals surface area (Å²) in [6.45, 7) is 2.13. The van der Waals surface area contributed by atoms with E-state index in [0.717, 1.165) is 0 Å². The van der Waals surface area contributed by atoms with Crippen LogP contribution in [0.3, 0.4) is 0 Å². The maximum absolute atomic E-state index is 12.0. The number of hydrogen-bond acceptors (Lipinski definition) is 8. The SMILES string of the molecule is CCn1c(SCC(=O)OCC(=O)Nc2ccc(OC)c(Cl)c2)nnc1-c1ccco1. The van der Waals surface area contributed by atoms with Gasteiger partial charge in [-0.3, -0.25) is 14.2 Å². The number of ether oxygens (including phenoxy) is 2. The van der Waals surface area contributed by atoms with Crippen LogP contribution in [0.4, 0.5) is 5.69 Å². The largest absolute Gasteiger partial charge is 0.495 e. The summed E-state index contributed by atoms with van der Waals surface area (Å²) in [6, 6.07) is 8.35.